The summed E-state index contributed by atoms with van der Waals surface area (Å²) in [6, 6.07) is -1.18. The minimum absolute atomic E-state index is 0.0159. The lowest BCUT2D eigenvalue weighted by atomic mass is 10.3. The van der Waals surface area contributed by atoms with E-state index in [1.807, 2.05) is 6.92 Å². The molecule has 2 amide bonds. The Hall–Kier alpha value is -1.30. The first-order chi connectivity index (χ1) is 7.45. The molecule has 0 saturated carbocycles. The third kappa shape index (κ3) is 4.06. The molecule has 0 aliphatic heterocycles. The second-order valence-electron chi connectivity index (χ2n) is 3.56. The number of nitrogens with zero attached hydrogens (tertiary/aromatic N) is 2. The number of carbonyl (C=O) groups is 2. The number of hydrogen-bond donors (Lipinski definition) is 2. The van der Waals surface area contributed by atoms with Crippen molar-refractivity contribution in [3.05, 3.63) is 0 Å². The van der Waals surface area contributed by atoms with E-state index in [0.717, 1.165) is 0 Å². The van der Waals surface area contributed by atoms with E-state index in [0.29, 0.717) is 19.5 Å². The molecule has 6 heteroatoms. The molecular weight excluding hydrogens is 212 g/mol. The molecule has 0 aliphatic carbocycles. The zero-order valence-corrected chi connectivity index (χ0v) is 10.0. The highest BCUT2D eigenvalue weighted by Gasteiger charge is 2.24. The molecule has 0 saturated heterocycles. The fourth-order valence-corrected chi connectivity index (χ4v) is 1.20. The van der Waals surface area contributed by atoms with E-state index in [1.54, 1.807) is 0 Å². The molecule has 0 rings (SSSR count). The predicted octanol–water partition coefficient (Wildman–Crippen LogP) is 0.216. The molecule has 1 unspecified atom stereocenters. The van der Waals surface area contributed by atoms with Crippen molar-refractivity contribution >= 4 is 12.0 Å². The first-order valence-corrected chi connectivity index (χ1v) is 5.31. The average molecular weight is 232 g/mol. The predicted molar refractivity (Wildman–Crippen MR) is 59.2 cm³/mol. The third-order valence-corrected chi connectivity index (χ3v) is 2.48. The number of aliphatic hydroxyl groups is 1. The Balaban J connectivity index is 4.43. The van der Waals surface area contributed by atoms with Crippen molar-refractivity contribution < 1.29 is 19.8 Å². The smallest absolute Gasteiger partial charge is 0.326 e. The summed E-state index contributed by atoms with van der Waals surface area (Å²) in [5.41, 5.74) is 0. The number of urea groups is 1. The van der Waals surface area contributed by atoms with Crippen LogP contribution in [0, 0.1) is 0 Å². The van der Waals surface area contributed by atoms with E-state index < -0.39 is 12.0 Å². The Morgan fingerprint density at radius 2 is 1.94 bits per heavy atom. The highest BCUT2D eigenvalue weighted by Crippen LogP contribution is 2.03. The van der Waals surface area contributed by atoms with Crippen LogP contribution >= 0.6 is 0 Å². The summed E-state index contributed by atoms with van der Waals surface area (Å²) in [6.07, 6.45) is 0.495. The van der Waals surface area contributed by atoms with E-state index in [-0.39, 0.29) is 12.6 Å². The first-order valence-electron chi connectivity index (χ1n) is 5.31. The van der Waals surface area contributed by atoms with Crippen LogP contribution in [-0.4, -0.2) is 64.8 Å². The third-order valence-electron chi connectivity index (χ3n) is 2.48. The largest absolute Gasteiger partial charge is 0.480 e. The Bertz CT molecular complexity index is 245. The lowest BCUT2D eigenvalue weighted by Gasteiger charge is -2.29. The van der Waals surface area contributed by atoms with Crippen molar-refractivity contribution in [3.63, 3.8) is 0 Å². The van der Waals surface area contributed by atoms with E-state index in [2.05, 4.69) is 0 Å². The maximum absolute atomic E-state index is 11.8. The van der Waals surface area contributed by atoms with Gasteiger partial charge in [-0.2, -0.15) is 0 Å². The number of likely N-dealkylation sites (N-methyl/N-ethyl adjacent to an activating group) is 1. The SMILES string of the molecule is CCN(CCCO)C(=O)N(C)C(C)C(=O)O. The molecule has 0 radical (unpaired) electrons. The summed E-state index contributed by atoms with van der Waals surface area (Å²) in [5.74, 6) is -1.03. The molecule has 16 heavy (non-hydrogen) atoms. The summed E-state index contributed by atoms with van der Waals surface area (Å²) in [6.45, 7) is 4.22. The molecule has 0 aromatic rings. The lowest BCUT2D eigenvalue weighted by molar-refractivity contribution is -0.141. The first kappa shape index (κ1) is 14.7. The molecule has 94 valence electrons. The number of carboxylic acids is 1. The van der Waals surface area contributed by atoms with E-state index in [9.17, 15) is 9.59 Å². The van der Waals surface area contributed by atoms with E-state index in [4.69, 9.17) is 10.2 Å². The Morgan fingerprint density at radius 1 is 1.38 bits per heavy atom. The molecule has 0 aromatic heterocycles. The second-order valence-corrected chi connectivity index (χ2v) is 3.56. The second kappa shape index (κ2) is 7.05. The fourth-order valence-electron chi connectivity index (χ4n) is 1.20. The molecule has 6 nitrogen and oxygen atoms in total. The zero-order valence-electron chi connectivity index (χ0n) is 10.0. The van der Waals surface area contributed by atoms with Crippen LogP contribution in [0.4, 0.5) is 4.79 Å². The Labute approximate surface area is 95.5 Å². The van der Waals surface area contributed by atoms with E-state index >= 15 is 0 Å². The molecule has 0 fully saturated rings. The summed E-state index contributed by atoms with van der Waals surface area (Å²) in [7, 11) is 1.46. The van der Waals surface area contributed by atoms with Gasteiger partial charge in [-0.3, -0.25) is 0 Å². The van der Waals surface area contributed by atoms with Gasteiger partial charge in [-0.1, -0.05) is 0 Å². The van der Waals surface area contributed by atoms with Crippen molar-refractivity contribution in [1.82, 2.24) is 9.80 Å². The van der Waals surface area contributed by atoms with Crippen molar-refractivity contribution in [3.8, 4) is 0 Å². The summed E-state index contributed by atoms with van der Waals surface area (Å²) in [4.78, 5) is 25.2. The monoisotopic (exact) mass is 232 g/mol. The maximum atomic E-state index is 11.8. The van der Waals surface area contributed by atoms with Gasteiger partial charge in [-0.15, -0.1) is 0 Å². The van der Waals surface area contributed by atoms with Crippen molar-refractivity contribution in [1.29, 1.82) is 0 Å². The number of carboxylic acid groups (broad SMARTS) is 1. The molecule has 0 heterocycles. The van der Waals surface area contributed by atoms with Crippen LogP contribution < -0.4 is 0 Å². The minimum atomic E-state index is -1.03. The van der Waals surface area contributed by atoms with Crippen LogP contribution in [0.5, 0.6) is 0 Å². The Morgan fingerprint density at radius 3 is 2.31 bits per heavy atom. The quantitative estimate of drug-likeness (QED) is 0.686. The van der Waals surface area contributed by atoms with Crippen molar-refractivity contribution in [2.24, 2.45) is 0 Å². The maximum Gasteiger partial charge on any atom is 0.326 e. The van der Waals surface area contributed by atoms with Crippen LogP contribution in [0.15, 0.2) is 0 Å². The highest BCUT2D eigenvalue weighted by molar-refractivity contribution is 5.82. The molecule has 1 atom stereocenters. The molecule has 0 bridgehead atoms. The van der Waals surface area contributed by atoms with Crippen LogP contribution in [0.1, 0.15) is 20.3 Å². The fraction of sp³-hybridized carbons (Fsp3) is 0.800. The summed E-state index contributed by atoms with van der Waals surface area (Å²) in [5, 5.41) is 17.5. The number of amides is 2. The van der Waals surface area contributed by atoms with Gasteiger partial charge in [0.2, 0.25) is 0 Å². The lowest BCUT2D eigenvalue weighted by Crippen LogP contribution is -2.48. The van der Waals surface area contributed by atoms with Crippen molar-refractivity contribution in [2.45, 2.75) is 26.3 Å². The van der Waals surface area contributed by atoms with Gasteiger partial charge in [0.15, 0.2) is 0 Å². The van der Waals surface area contributed by atoms with Gasteiger partial charge in [0.25, 0.3) is 0 Å². The number of aliphatic hydroxyl groups excluding tert-OH is 1. The molecule has 0 aromatic carbocycles. The van der Waals surface area contributed by atoms with Gasteiger partial charge in [-0.25, -0.2) is 9.59 Å². The highest BCUT2D eigenvalue weighted by atomic mass is 16.4. The topological polar surface area (TPSA) is 81.1 Å². The standard InChI is InChI=1S/C10H20N2O4/c1-4-12(6-5-7-13)10(16)11(3)8(2)9(14)15/h8,13H,4-7H2,1-3H3,(H,14,15). The van der Waals surface area contributed by atoms with Gasteiger partial charge in [0.1, 0.15) is 6.04 Å². The summed E-state index contributed by atoms with van der Waals surface area (Å²) >= 11 is 0. The minimum Gasteiger partial charge on any atom is -0.480 e. The average Bonchev–Trinajstić information content (AvgIpc) is 2.27. The number of hydrogen-bond acceptors (Lipinski definition) is 3. The van der Waals surface area contributed by atoms with Crippen molar-refractivity contribution in [2.75, 3.05) is 26.7 Å². The van der Waals surface area contributed by atoms with Gasteiger partial charge in [0.05, 0.1) is 0 Å². The molecular formula is C10H20N2O4. The number of aliphatic carboxylic acids is 1. The molecule has 2 N–H and O–H groups in total. The number of carbonyl (C=O) groups excluding carboxylic acids is 1. The van der Waals surface area contributed by atoms with Gasteiger partial charge in [0, 0.05) is 26.7 Å². The zero-order chi connectivity index (χ0) is 12.7. The van der Waals surface area contributed by atoms with Crippen LogP contribution in [0.25, 0.3) is 0 Å². The van der Waals surface area contributed by atoms with Gasteiger partial charge < -0.3 is 20.0 Å². The van der Waals surface area contributed by atoms with Crippen LogP contribution in [0.2, 0.25) is 0 Å². The summed E-state index contributed by atoms with van der Waals surface area (Å²) < 4.78 is 0. The molecule has 0 spiro atoms. The van der Waals surface area contributed by atoms with Crippen LogP contribution in [-0.2, 0) is 4.79 Å². The van der Waals surface area contributed by atoms with Crippen LogP contribution in [0.3, 0.4) is 0 Å². The van der Waals surface area contributed by atoms with Gasteiger partial charge >= 0.3 is 12.0 Å². The Kier molecular flexibility index (Phi) is 6.48. The van der Waals surface area contributed by atoms with Gasteiger partial charge in [-0.05, 0) is 20.3 Å². The van der Waals surface area contributed by atoms with E-state index in [1.165, 1.54) is 23.8 Å². The normalized spacial score (nSPS) is 12.0. The molecule has 0 aliphatic rings. The number of rotatable bonds is 6.